The van der Waals surface area contributed by atoms with Crippen molar-refractivity contribution in [2.45, 2.75) is 19.5 Å². The van der Waals surface area contributed by atoms with Crippen LogP contribution in [0.3, 0.4) is 0 Å². The molecule has 132 valence electrons. The molecule has 0 saturated heterocycles. The first-order valence-corrected chi connectivity index (χ1v) is 8.43. The quantitative estimate of drug-likeness (QED) is 0.786. The van der Waals surface area contributed by atoms with Gasteiger partial charge in [-0.2, -0.15) is 0 Å². The van der Waals surface area contributed by atoms with Crippen molar-refractivity contribution >= 4 is 0 Å². The van der Waals surface area contributed by atoms with Crippen LogP contribution in [0, 0.1) is 11.6 Å². The number of rotatable bonds is 3. The van der Waals surface area contributed by atoms with Gasteiger partial charge in [0.25, 0.3) is 5.56 Å². The van der Waals surface area contributed by atoms with Gasteiger partial charge in [-0.15, -0.1) is 0 Å². The van der Waals surface area contributed by atoms with Crippen molar-refractivity contribution in [1.82, 2.24) is 14.9 Å². The Hall–Kier alpha value is -2.86. The number of hydrogen-bond donors (Lipinski definition) is 1. The lowest BCUT2D eigenvalue weighted by Gasteiger charge is -2.27. The molecule has 0 atom stereocenters. The van der Waals surface area contributed by atoms with Crippen molar-refractivity contribution < 1.29 is 8.78 Å². The lowest BCUT2D eigenvalue weighted by atomic mass is 10.0. The van der Waals surface area contributed by atoms with E-state index in [0.29, 0.717) is 43.0 Å². The van der Waals surface area contributed by atoms with Gasteiger partial charge >= 0.3 is 0 Å². The van der Waals surface area contributed by atoms with Gasteiger partial charge in [0.15, 0.2) is 0 Å². The molecule has 2 heterocycles. The Morgan fingerprint density at radius 2 is 1.81 bits per heavy atom. The molecule has 6 heteroatoms. The minimum atomic E-state index is -0.585. The minimum absolute atomic E-state index is 0.120. The molecule has 0 spiro atoms. The molecule has 0 unspecified atom stereocenters. The second-order valence-electron chi connectivity index (χ2n) is 6.44. The standard InChI is InChI=1S/C20H17F2N3O/c21-15-8-13(9-16(22)10-15)11-25-7-6-17-18(12-25)23-19(24-20(17)26)14-4-2-1-3-5-14/h1-5,8-10H,6-7,11-12H2,(H,23,24,26). The molecular weight excluding hydrogens is 336 g/mol. The largest absolute Gasteiger partial charge is 0.306 e. The summed E-state index contributed by atoms with van der Waals surface area (Å²) in [6.45, 7) is 1.51. The summed E-state index contributed by atoms with van der Waals surface area (Å²) in [5.41, 5.74) is 2.70. The fraction of sp³-hybridized carbons (Fsp3) is 0.200. The first kappa shape index (κ1) is 16.6. The van der Waals surface area contributed by atoms with E-state index >= 15 is 0 Å². The molecule has 1 aromatic heterocycles. The van der Waals surface area contributed by atoms with Crippen molar-refractivity contribution in [1.29, 1.82) is 0 Å². The van der Waals surface area contributed by atoms with Gasteiger partial charge in [0, 0.05) is 36.8 Å². The lowest BCUT2D eigenvalue weighted by Crippen LogP contribution is -2.35. The number of nitrogens with one attached hydrogen (secondary N) is 1. The molecule has 26 heavy (non-hydrogen) atoms. The number of halogens is 2. The molecule has 2 aromatic carbocycles. The molecule has 0 radical (unpaired) electrons. The molecular formula is C20H17F2N3O. The van der Waals surface area contributed by atoms with Crippen LogP contribution in [0.4, 0.5) is 8.78 Å². The zero-order valence-electron chi connectivity index (χ0n) is 14.0. The highest BCUT2D eigenvalue weighted by molar-refractivity contribution is 5.54. The Bertz CT molecular complexity index is 981. The highest BCUT2D eigenvalue weighted by Crippen LogP contribution is 2.20. The first-order valence-electron chi connectivity index (χ1n) is 8.43. The monoisotopic (exact) mass is 353 g/mol. The fourth-order valence-electron chi connectivity index (χ4n) is 3.32. The third-order valence-electron chi connectivity index (χ3n) is 4.53. The van der Waals surface area contributed by atoms with E-state index in [4.69, 9.17) is 0 Å². The molecule has 1 N–H and O–H groups in total. The van der Waals surface area contributed by atoms with E-state index in [0.717, 1.165) is 17.3 Å². The Labute approximate surface area is 149 Å². The number of benzene rings is 2. The topological polar surface area (TPSA) is 49.0 Å². The highest BCUT2D eigenvalue weighted by atomic mass is 19.1. The van der Waals surface area contributed by atoms with E-state index in [9.17, 15) is 13.6 Å². The minimum Gasteiger partial charge on any atom is -0.306 e. The molecule has 0 bridgehead atoms. The summed E-state index contributed by atoms with van der Waals surface area (Å²) in [4.78, 5) is 21.9. The fourth-order valence-corrected chi connectivity index (χ4v) is 3.32. The van der Waals surface area contributed by atoms with Gasteiger partial charge in [-0.3, -0.25) is 9.69 Å². The van der Waals surface area contributed by atoms with E-state index in [-0.39, 0.29) is 5.56 Å². The number of hydrogen-bond acceptors (Lipinski definition) is 3. The average Bonchev–Trinajstić information content (AvgIpc) is 2.61. The van der Waals surface area contributed by atoms with E-state index in [1.54, 1.807) is 0 Å². The summed E-state index contributed by atoms with van der Waals surface area (Å²) in [5, 5.41) is 0. The van der Waals surface area contributed by atoms with E-state index < -0.39 is 11.6 Å². The third kappa shape index (κ3) is 3.41. The summed E-state index contributed by atoms with van der Waals surface area (Å²) in [5.74, 6) is -0.635. The molecule has 0 saturated carbocycles. The molecule has 4 nitrogen and oxygen atoms in total. The zero-order valence-corrected chi connectivity index (χ0v) is 14.0. The second-order valence-corrected chi connectivity index (χ2v) is 6.44. The van der Waals surface area contributed by atoms with Gasteiger partial charge in [0.1, 0.15) is 17.5 Å². The van der Waals surface area contributed by atoms with Crippen molar-refractivity contribution in [2.75, 3.05) is 6.54 Å². The molecule has 1 aliphatic rings. The maximum atomic E-state index is 13.4. The van der Waals surface area contributed by atoms with Crippen LogP contribution in [-0.4, -0.2) is 21.4 Å². The number of aromatic amines is 1. The van der Waals surface area contributed by atoms with Crippen LogP contribution in [0.2, 0.25) is 0 Å². The average molecular weight is 353 g/mol. The summed E-state index contributed by atoms with van der Waals surface area (Å²) < 4.78 is 26.8. The maximum Gasteiger partial charge on any atom is 0.254 e. The van der Waals surface area contributed by atoms with Crippen LogP contribution in [0.5, 0.6) is 0 Å². The van der Waals surface area contributed by atoms with Crippen molar-refractivity contribution in [2.24, 2.45) is 0 Å². The van der Waals surface area contributed by atoms with Crippen LogP contribution >= 0.6 is 0 Å². The van der Waals surface area contributed by atoms with Crippen LogP contribution in [-0.2, 0) is 19.5 Å². The van der Waals surface area contributed by atoms with Gasteiger partial charge in [-0.05, 0) is 24.1 Å². The predicted octanol–water partition coefficient (Wildman–Crippen LogP) is 3.27. The zero-order chi connectivity index (χ0) is 18.1. The van der Waals surface area contributed by atoms with Crippen LogP contribution < -0.4 is 5.56 Å². The third-order valence-corrected chi connectivity index (χ3v) is 4.53. The number of aromatic nitrogens is 2. The first-order chi connectivity index (χ1) is 12.6. The van der Waals surface area contributed by atoms with Crippen molar-refractivity contribution in [3.8, 4) is 11.4 Å². The molecule has 1 aliphatic heterocycles. The van der Waals surface area contributed by atoms with E-state index in [1.165, 1.54) is 12.1 Å². The predicted molar refractivity (Wildman–Crippen MR) is 94.5 cm³/mol. The maximum absolute atomic E-state index is 13.4. The van der Waals surface area contributed by atoms with Crippen molar-refractivity contribution in [3.63, 3.8) is 0 Å². The molecule has 0 amide bonds. The number of nitrogens with zero attached hydrogens (tertiary/aromatic N) is 2. The Morgan fingerprint density at radius 3 is 2.54 bits per heavy atom. The molecule has 0 fully saturated rings. The van der Waals surface area contributed by atoms with Crippen molar-refractivity contribution in [3.05, 3.63) is 87.3 Å². The van der Waals surface area contributed by atoms with Gasteiger partial charge in [-0.25, -0.2) is 13.8 Å². The summed E-state index contributed by atoms with van der Waals surface area (Å²) >= 11 is 0. The highest BCUT2D eigenvalue weighted by Gasteiger charge is 2.21. The Kier molecular flexibility index (Phi) is 4.34. The Morgan fingerprint density at radius 1 is 1.08 bits per heavy atom. The number of H-pyrrole nitrogens is 1. The molecule has 4 rings (SSSR count). The normalized spacial score (nSPS) is 14.2. The lowest BCUT2D eigenvalue weighted by molar-refractivity contribution is 0.240. The smallest absolute Gasteiger partial charge is 0.254 e. The second kappa shape index (κ2) is 6.80. The summed E-state index contributed by atoms with van der Waals surface area (Å²) in [7, 11) is 0. The van der Waals surface area contributed by atoms with Gasteiger partial charge in [0.2, 0.25) is 0 Å². The van der Waals surface area contributed by atoms with Crippen LogP contribution in [0.25, 0.3) is 11.4 Å². The van der Waals surface area contributed by atoms with Crippen LogP contribution in [0.15, 0.2) is 53.3 Å². The molecule has 3 aromatic rings. The van der Waals surface area contributed by atoms with E-state index in [1.807, 2.05) is 35.2 Å². The number of fused-ring (bicyclic) bond motifs is 1. The Balaban J connectivity index is 1.61. The van der Waals surface area contributed by atoms with Gasteiger partial charge < -0.3 is 4.98 Å². The summed E-state index contributed by atoms with van der Waals surface area (Å²) in [6.07, 6.45) is 0.560. The SMILES string of the molecule is O=c1[nH]c(-c2ccccc2)nc2c1CCN(Cc1cc(F)cc(F)c1)C2. The van der Waals surface area contributed by atoms with E-state index in [2.05, 4.69) is 9.97 Å². The van der Waals surface area contributed by atoms with Gasteiger partial charge in [0.05, 0.1) is 5.69 Å². The summed E-state index contributed by atoms with van der Waals surface area (Å²) in [6, 6.07) is 13.0. The van der Waals surface area contributed by atoms with Crippen LogP contribution in [0.1, 0.15) is 16.8 Å². The van der Waals surface area contributed by atoms with Gasteiger partial charge in [-0.1, -0.05) is 30.3 Å². The molecule has 0 aliphatic carbocycles.